The fraction of sp³-hybridized carbons (Fsp3) is 0.105. The number of carbonyl (C=O) groups excluding carboxylic acids is 1. The van der Waals surface area contributed by atoms with Crippen molar-refractivity contribution in [2.24, 2.45) is 0 Å². The summed E-state index contributed by atoms with van der Waals surface area (Å²) in [6, 6.07) is 15.4. The lowest BCUT2D eigenvalue weighted by Crippen LogP contribution is -2.09. The van der Waals surface area contributed by atoms with E-state index in [0.717, 1.165) is 22.3 Å². The Balaban J connectivity index is 1.57. The number of aromatic amines is 2. The standard InChI is InChI=1S/C19H16N6O/c26-15(9-13-5-1-3-7-16(13)18-20-11-22-24-18)10-14-6-2-4-8-17(14)19-21-12-23-25-19/h1-8,11-12H,9-10H2,(H,20,22,24)(H,21,23,25). The predicted octanol–water partition coefficient (Wildman–Crippen LogP) is 2.61. The number of aromatic nitrogens is 6. The number of nitrogens with one attached hydrogen (secondary N) is 2. The molecule has 2 aromatic heterocycles. The summed E-state index contributed by atoms with van der Waals surface area (Å²) in [6.07, 6.45) is 3.56. The molecule has 0 saturated heterocycles. The van der Waals surface area contributed by atoms with Gasteiger partial charge in [-0.05, 0) is 11.1 Å². The maximum absolute atomic E-state index is 12.7. The molecular formula is C19H16N6O. The maximum Gasteiger partial charge on any atom is 0.155 e. The normalized spacial score (nSPS) is 10.8. The average molecular weight is 344 g/mol. The summed E-state index contributed by atoms with van der Waals surface area (Å²) >= 11 is 0. The Morgan fingerprint density at radius 1 is 0.731 bits per heavy atom. The van der Waals surface area contributed by atoms with E-state index in [2.05, 4.69) is 30.4 Å². The highest BCUT2D eigenvalue weighted by atomic mass is 16.1. The van der Waals surface area contributed by atoms with E-state index >= 15 is 0 Å². The minimum absolute atomic E-state index is 0.115. The highest BCUT2D eigenvalue weighted by molar-refractivity contribution is 5.86. The largest absolute Gasteiger partial charge is 0.299 e. The number of benzene rings is 2. The second-order valence-corrected chi connectivity index (χ2v) is 5.87. The number of ketones is 1. The lowest BCUT2D eigenvalue weighted by molar-refractivity contribution is -0.117. The van der Waals surface area contributed by atoms with Crippen LogP contribution >= 0.6 is 0 Å². The summed E-state index contributed by atoms with van der Waals surface area (Å²) in [5.74, 6) is 1.44. The lowest BCUT2D eigenvalue weighted by atomic mass is 9.96. The first-order valence-corrected chi connectivity index (χ1v) is 8.20. The van der Waals surface area contributed by atoms with Crippen molar-refractivity contribution in [3.63, 3.8) is 0 Å². The van der Waals surface area contributed by atoms with Gasteiger partial charge < -0.3 is 0 Å². The summed E-state index contributed by atoms with van der Waals surface area (Å²) in [5, 5.41) is 13.5. The topological polar surface area (TPSA) is 100 Å². The average Bonchev–Trinajstić information content (AvgIpc) is 3.37. The lowest BCUT2D eigenvalue weighted by Gasteiger charge is -2.09. The van der Waals surface area contributed by atoms with Crippen LogP contribution in [-0.4, -0.2) is 36.1 Å². The SMILES string of the molecule is O=C(Cc1ccccc1-c1ncn[nH]1)Cc1ccccc1-c1ncn[nH]1. The van der Waals surface area contributed by atoms with Crippen LogP contribution in [0.25, 0.3) is 22.8 Å². The molecule has 2 aromatic carbocycles. The van der Waals surface area contributed by atoms with Crippen molar-refractivity contribution < 1.29 is 4.79 Å². The fourth-order valence-corrected chi connectivity index (χ4v) is 2.97. The van der Waals surface area contributed by atoms with Crippen LogP contribution in [0.1, 0.15) is 11.1 Å². The molecule has 7 nitrogen and oxygen atoms in total. The van der Waals surface area contributed by atoms with Crippen LogP contribution in [0, 0.1) is 0 Å². The van der Waals surface area contributed by atoms with Crippen molar-refractivity contribution in [2.75, 3.05) is 0 Å². The van der Waals surface area contributed by atoms with Crippen molar-refractivity contribution >= 4 is 5.78 Å². The van der Waals surface area contributed by atoms with E-state index in [-0.39, 0.29) is 5.78 Å². The molecule has 0 amide bonds. The molecule has 26 heavy (non-hydrogen) atoms. The van der Waals surface area contributed by atoms with Crippen LogP contribution in [0.3, 0.4) is 0 Å². The molecule has 0 saturated carbocycles. The van der Waals surface area contributed by atoms with E-state index in [1.54, 1.807) is 0 Å². The number of hydrogen-bond acceptors (Lipinski definition) is 5. The van der Waals surface area contributed by atoms with Gasteiger partial charge in [-0.2, -0.15) is 10.2 Å². The van der Waals surface area contributed by atoms with Crippen molar-refractivity contribution in [3.05, 3.63) is 72.3 Å². The molecule has 2 N–H and O–H groups in total. The molecule has 128 valence electrons. The number of Topliss-reactive ketones (excluding diaryl/α,β-unsaturated/α-hetero) is 1. The zero-order chi connectivity index (χ0) is 17.8. The molecule has 0 aliphatic carbocycles. The van der Waals surface area contributed by atoms with Gasteiger partial charge in [-0.25, -0.2) is 9.97 Å². The highest BCUT2D eigenvalue weighted by Crippen LogP contribution is 2.23. The Morgan fingerprint density at radius 3 is 1.62 bits per heavy atom. The van der Waals surface area contributed by atoms with E-state index < -0.39 is 0 Å². The Morgan fingerprint density at radius 2 is 1.19 bits per heavy atom. The zero-order valence-corrected chi connectivity index (χ0v) is 13.9. The molecule has 4 aromatic rings. The Hall–Kier alpha value is -3.61. The minimum Gasteiger partial charge on any atom is -0.299 e. The summed E-state index contributed by atoms with van der Waals surface area (Å²) in [5.41, 5.74) is 3.63. The van der Waals surface area contributed by atoms with Gasteiger partial charge in [0.2, 0.25) is 0 Å². The first kappa shape index (κ1) is 15.9. The molecule has 0 fully saturated rings. The number of rotatable bonds is 6. The van der Waals surface area contributed by atoms with Gasteiger partial charge in [0.05, 0.1) is 0 Å². The fourth-order valence-electron chi connectivity index (χ4n) is 2.97. The molecule has 0 bridgehead atoms. The second-order valence-electron chi connectivity index (χ2n) is 5.87. The summed E-state index contributed by atoms with van der Waals surface area (Å²) < 4.78 is 0. The molecule has 4 rings (SSSR count). The number of nitrogens with zero attached hydrogens (tertiary/aromatic N) is 4. The van der Waals surface area contributed by atoms with E-state index in [9.17, 15) is 4.79 Å². The predicted molar refractivity (Wildman–Crippen MR) is 96.1 cm³/mol. The van der Waals surface area contributed by atoms with Gasteiger partial charge in [0.1, 0.15) is 18.4 Å². The van der Waals surface area contributed by atoms with Gasteiger partial charge in [-0.15, -0.1) is 0 Å². The third-order valence-corrected chi connectivity index (χ3v) is 4.15. The zero-order valence-electron chi connectivity index (χ0n) is 13.9. The third kappa shape index (κ3) is 3.27. The smallest absolute Gasteiger partial charge is 0.155 e. The van der Waals surface area contributed by atoms with E-state index in [4.69, 9.17) is 0 Å². The first-order valence-electron chi connectivity index (χ1n) is 8.20. The molecule has 0 aliphatic rings. The van der Waals surface area contributed by atoms with Crippen molar-refractivity contribution in [3.8, 4) is 22.8 Å². The summed E-state index contributed by atoms with van der Waals surface area (Å²) in [6.45, 7) is 0. The second kappa shape index (κ2) is 7.10. The van der Waals surface area contributed by atoms with Gasteiger partial charge in [0.25, 0.3) is 0 Å². The molecule has 0 unspecified atom stereocenters. The van der Waals surface area contributed by atoms with Crippen LogP contribution in [-0.2, 0) is 17.6 Å². The van der Waals surface area contributed by atoms with Crippen LogP contribution in [0.15, 0.2) is 61.2 Å². The molecule has 0 spiro atoms. The molecular weight excluding hydrogens is 328 g/mol. The Bertz CT molecular complexity index is 926. The minimum atomic E-state index is 0.115. The molecule has 7 heteroatoms. The van der Waals surface area contributed by atoms with E-state index in [1.807, 2.05) is 48.5 Å². The third-order valence-electron chi connectivity index (χ3n) is 4.15. The highest BCUT2D eigenvalue weighted by Gasteiger charge is 2.14. The summed E-state index contributed by atoms with van der Waals surface area (Å²) in [7, 11) is 0. The van der Waals surface area contributed by atoms with Crippen molar-refractivity contribution in [2.45, 2.75) is 12.8 Å². The first-order chi connectivity index (χ1) is 12.8. The summed E-state index contributed by atoms with van der Waals surface area (Å²) in [4.78, 5) is 21.1. The monoisotopic (exact) mass is 344 g/mol. The van der Waals surface area contributed by atoms with Gasteiger partial charge in [-0.1, -0.05) is 48.5 Å². The molecule has 2 heterocycles. The van der Waals surface area contributed by atoms with E-state index in [0.29, 0.717) is 24.5 Å². The molecule has 0 aliphatic heterocycles. The van der Waals surface area contributed by atoms with E-state index in [1.165, 1.54) is 12.7 Å². The Kier molecular flexibility index (Phi) is 4.34. The van der Waals surface area contributed by atoms with Crippen LogP contribution in [0.5, 0.6) is 0 Å². The van der Waals surface area contributed by atoms with Gasteiger partial charge in [0.15, 0.2) is 11.6 Å². The van der Waals surface area contributed by atoms with Crippen LogP contribution in [0.4, 0.5) is 0 Å². The van der Waals surface area contributed by atoms with Crippen molar-refractivity contribution in [1.29, 1.82) is 0 Å². The van der Waals surface area contributed by atoms with Gasteiger partial charge >= 0.3 is 0 Å². The quantitative estimate of drug-likeness (QED) is 0.560. The van der Waals surface area contributed by atoms with Gasteiger partial charge in [0, 0.05) is 24.0 Å². The maximum atomic E-state index is 12.7. The number of carbonyl (C=O) groups is 1. The van der Waals surface area contributed by atoms with Crippen LogP contribution in [0.2, 0.25) is 0 Å². The number of H-pyrrole nitrogens is 2. The van der Waals surface area contributed by atoms with Crippen molar-refractivity contribution in [1.82, 2.24) is 30.4 Å². The molecule has 0 atom stereocenters. The Labute approximate surface area is 149 Å². The van der Waals surface area contributed by atoms with Gasteiger partial charge in [-0.3, -0.25) is 15.0 Å². The molecule has 0 radical (unpaired) electrons. The number of hydrogen-bond donors (Lipinski definition) is 2. The van der Waals surface area contributed by atoms with Crippen LogP contribution < -0.4 is 0 Å².